The number of aryl methyl sites for hydroxylation is 1. The molecular weight excluding hydrogens is 324 g/mol. The van der Waals surface area contributed by atoms with E-state index in [1.165, 1.54) is 0 Å². The standard InChI is InChI=1S/C19H19ClN2O2/c1-12-10-16(15-4-3-5-18(24-2)19(15)21-12)22-17(11-23)13-6-8-14(20)9-7-13/h3-10,17,23H,11H2,1-2H3,(H,21,22). The molecule has 1 heterocycles. The Morgan fingerprint density at radius 2 is 1.96 bits per heavy atom. The van der Waals surface area contributed by atoms with Crippen molar-refractivity contribution in [3.05, 3.63) is 64.8 Å². The zero-order valence-corrected chi connectivity index (χ0v) is 14.3. The summed E-state index contributed by atoms with van der Waals surface area (Å²) in [7, 11) is 1.64. The SMILES string of the molecule is COc1cccc2c(NC(CO)c3ccc(Cl)cc3)cc(C)nc12. The normalized spacial score (nSPS) is 12.2. The van der Waals surface area contributed by atoms with Crippen LogP contribution in [-0.4, -0.2) is 23.8 Å². The van der Waals surface area contributed by atoms with Gasteiger partial charge in [0, 0.05) is 21.8 Å². The molecule has 5 heteroatoms. The van der Waals surface area contributed by atoms with Crippen molar-refractivity contribution in [2.75, 3.05) is 19.0 Å². The van der Waals surface area contributed by atoms with Crippen LogP contribution in [0.4, 0.5) is 5.69 Å². The van der Waals surface area contributed by atoms with Crippen molar-refractivity contribution < 1.29 is 9.84 Å². The van der Waals surface area contributed by atoms with E-state index in [1.54, 1.807) is 7.11 Å². The second-order valence-corrected chi connectivity index (χ2v) is 6.04. The van der Waals surface area contributed by atoms with E-state index in [1.807, 2.05) is 55.5 Å². The summed E-state index contributed by atoms with van der Waals surface area (Å²) in [4.78, 5) is 4.58. The number of hydrogen-bond donors (Lipinski definition) is 2. The van der Waals surface area contributed by atoms with E-state index in [4.69, 9.17) is 16.3 Å². The van der Waals surface area contributed by atoms with Gasteiger partial charge in [0.1, 0.15) is 11.3 Å². The topological polar surface area (TPSA) is 54.4 Å². The van der Waals surface area contributed by atoms with E-state index in [0.717, 1.165) is 33.6 Å². The minimum absolute atomic E-state index is 0.0333. The predicted molar refractivity (Wildman–Crippen MR) is 97.9 cm³/mol. The van der Waals surface area contributed by atoms with Crippen LogP contribution in [0.1, 0.15) is 17.3 Å². The molecule has 4 nitrogen and oxygen atoms in total. The van der Waals surface area contributed by atoms with Crippen molar-refractivity contribution in [1.82, 2.24) is 4.98 Å². The molecule has 1 aromatic heterocycles. The summed E-state index contributed by atoms with van der Waals surface area (Å²) in [5.74, 6) is 0.728. The Balaban J connectivity index is 2.03. The number of benzene rings is 2. The summed E-state index contributed by atoms with van der Waals surface area (Å²) < 4.78 is 5.41. The molecule has 0 saturated heterocycles. The van der Waals surface area contributed by atoms with Crippen molar-refractivity contribution in [2.45, 2.75) is 13.0 Å². The van der Waals surface area contributed by atoms with E-state index >= 15 is 0 Å². The van der Waals surface area contributed by atoms with Crippen LogP contribution >= 0.6 is 11.6 Å². The molecule has 124 valence electrons. The van der Waals surface area contributed by atoms with Gasteiger partial charge in [0.2, 0.25) is 0 Å². The number of nitrogens with zero attached hydrogens (tertiary/aromatic N) is 1. The fourth-order valence-electron chi connectivity index (χ4n) is 2.75. The van der Waals surface area contributed by atoms with E-state index in [0.29, 0.717) is 5.02 Å². The molecule has 24 heavy (non-hydrogen) atoms. The van der Waals surface area contributed by atoms with E-state index in [-0.39, 0.29) is 12.6 Å². The molecule has 0 amide bonds. The van der Waals surface area contributed by atoms with Crippen LogP contribution in [0.5, 0.6) is 5.75 Å². The van der Waals surface area contributed by atoms with Gasteiger partial charge in [-0.2, -0.15) is 0 Å². The Hall–Kier alpha value is -2.30. The molecule has 0 fully saturated rings. The Labute approximate surface area is 146 Å². The highest BCUT2D eigenvalue weighted by Crippen LogP contribution is 2.32. The van der Waals surface area contributed by atoms with Crippen LogP contribution in [0.3, 0.4) is 0 Å². The molecule has 0 bridgehead atoms. The molecule has 0 aliphatic carbocycles. The number of aromatic nitrogens is 1. The first-order valence-corrected chi connectivity index (χ1v) is 8.07. The maximum absolute atomic E-state index is 9.82. The highest BCUT2D eigenvalue weighted by molar-refractivity contribution is 6.30. The third-order valence-electron chi connectivity index (χ3n) is 3.94. The van der Waals surface area contributed by atoms with Gasteiger partial charge >= 0.3 is 0 Å². The molecule has 1 unspecified atom stereocenters. The van der Waals surface area contributed by atoms with Crippen molar-refractivity contribution in [3.63, 3.8) is 0 Å². The van der Waals surface area contributed by atoms with Crippen LogP contribution in [0, 0.1) is 6.92 Å². The highest BCUT2D eigenvalue weighted by Gasteiger charge is 2.14. The third-order valence-corrected chi connectivity index (χ3v) is 4.19. The molecular formula is C19H19ClN2O2. The molecule has 3 rings (SSSR count). The van der Waals surface area contributed by atoms with Crippen molar-refractivity contribution in [2.24, 2.45) is 0 Å². The minimum atomic E-state index is -0.238. The molecule has 0 aliphatic heterocycles. The predicted octanol–water partition coefficient (Wildman–Crippen LogP) is 4.35. The first-order chi connectivity index (χ1) is 11.6. The summed E-state index contributed by atoms with van der Waals surface area (Å²) >= 11 is 5.95. The number of anilines is 1. The average molecular weight is 343 g/mol. The van der Waals surface area contributed by atoms with Crippen molar-refractivity contribution >= 4 is 28.2 Å². The fraction of sp³-hybridized carbons (Fsp3) is 0.211. The lowest BCUT2D eigenvalue weighted by molar-refractivity contribution is 0.276. The van der Waals surface area contributed by atoms with Gasteiger partial charge in [-0.05, 0) is 36.8 Å². The lowest BCUT2D eigenvalue weighted by Gasteiger charge is -2.20. The molecule has 0 saturated carbocycles. The number of pyridine rings is 1. The number of ether oxygens (including phenoxy) is 1. The number of halogens is 1. The molecule has 0 radical (unpaired) electrons. The van der Waals surface area contributed by atoms with Gasteiger partial charge in [-0.1, -0.05) is 35.9 Å². The van der Waals surface area contributed by atoms with E-state index < -0.39 is 0 Å². The van der Waals surface area contributed by atoms with Gasteiger partial charge in [0.15, 0.2) is 0 Å². The summed E-state index contributed by atoms with van der Waals surface area (Å²) in [5.41, 5.74) is 3.55. The second kappa shape index (κ2) is 7.07. The molecule has 2 aromatic carbocycles. The summed E-state index contributed by atoms with van der Waals surface area (Å²) in [6, 6.07) is 15.0. The maximum Gasteiger partial charge on any atom is 0.145 e. The first kappa shape index (κ1) is 16.6. The van der Waals surface area contributed by atoms with Crippen LogP contribution in [0.25, 0.3) is 10.9 Å². The molecule has 0 spiro atoms. The molecule has 1 atom stereocenters. The van der Waals surface area contributed by atoms with Gasteiger partial charge < -0.3 is 15.2 Å². The Morgan fingerprint density at radius 3 is 2.62 bits per heavy atom. The number of rotatable bonds is 5. The fourth-order valence-corrected chi connectivity index (χ4v) is 2.88. The van der Waals surface area contributed by atoms with Gasteiger partial charge in [-0.25, -0.2) is 4.98 Å². The number of methoxy groups -OCH3 is 1. The number of para-hydroxylation sites is 1. The van der Waals surface area contributed by atoms with Gasteiger partial charge in [0.05, 0.1) is 19.8 Å². The molecule has 2 N–H and O–H groups in total. The summed E-state index contributed by atoms with van der Waals surface area (Å²) in [6.07, 6.45) is 0. The first-order valence-electron chi connectivity index (χ1n) is 7.69. The number of fused-ring (bicyclic) bond motifs is 1. The second-order valence-electron chi connectivity index (χ2n) is 5.60. The summed E-state index contributed by atoms with van der Waals surface area (Å²) in [5, 5.41) is 14.9. The third kappa shape index (κ3) is 3.30. The number of aliphatic hydroxyl groups excluding tert-OH is 1. The number of nitrogens with one attached hydrogen (secondary N) is 1. The quantitative estimate of drug-likeness (QED) is 0.723. The molecule has 3 aromatic rings. The number of aliphatic hydroxyl groups is 1. The molecule has 0 aliphatic rings. The summed E-state index contributed by atoms with van der Waals surface area (Å²) in [6.45, 7) is 1.90. The van der Waals surface area contributed by atoms with Crippen molar-refractivity contribution in [3.8, 4) is 5.75 Å². The van der Waals surface area contributed by atoms with E-state index in [9.17, 15) is 5.11 Å². The van der Waals surface area contributed by atoms with Crippen LogP contribution in [-0.2, 0) is 0 Å². The number of hydrogen-bond acceptors (Lipinski definition) is 4. The Kier molecular flexibility index (Phi) is 4.88. The van der Waals surface area contributed by atoms with Crippen LogP contribution in [0.2, 0.25) is 5.02 Å². The monoisotopic (exact) mass is 342 g/mol. The van der Waals surface area contributed by atoms with Gasteiger partial charge in [-0.3, -0.25) is 0 Å². The Bertz CT molecular complexity index is 850. The lowest BCUT2D eigenvalue weighted by atomic mass is 10.1. The van der Waals surface area contributed by atoms with Crippen LogP contribution < -0.4 is 10.1 Å². The average Bonchev–Trinajstić information content (AvgIpc) is 2.59. The zero-order chi connectivity index (χ0) is 17.1. The smallest absolute Gasteiger partial charge is 0.145 e. The minimum Gasteiger partial charge on any atom is -0.494 e. The maximum atomic E-state index is 9.82. The highest BCUT2D eigenvalue weighted by atomic mass is 35.5. The largest absolute Gasteiger partial charge is 0.494 e. The lowest BCUT2D eigenvalue weighted by Crippen LogP contribution is -2.15. The zero-order valence-electron chi connectivity index (χ0n) is 13.6. The van der Waals surface area contributed by atoms with Gasteiger partial charge in [-0.15, -0.1) is 0 Å². The van der Waals surface area contributed by atoms with Gasteiger partial charge in [0.25, 0.3) is 0 Å². The van der Waals surface area contributed by atoms with Crippen molar-refractivity contribution in [1.29, 1.82) is 0 Å². The van der Waals surface area contributed by atoms with E-state index in [2.05, 4.69) is 10.3 Å². The van der Waals surface area contributed by atoms with Crippen LogP contribution in [0.15, 0.2) is 48.5 Å². The Morgan fingerprint density at radius 1 is 1.21 bits per heavy atom.